The molecule has 0 unspecified atom stereocenters. The molecule has 1 N–H and O–H groups in total. The van der Waals surface area contributed by atoms with Crippen LogP contribution in [-0.2, 0) is 6.42 Å². The van der Waals surface area contributed by atoms with Crippen LogP contribution in [0.1, 0.15) is 28.4 Å². The lowest BCUT2D eigenvalue weighted by molar-refractivity contribution is 0.101. The summed E-state index contributed by atoms with van der Waals surface area (Å²) in [5, 5.41) is 10.0. The lowest BCUT2D eigenvalue weighted by Gasteiger charge is -2.05. The third-order valence-corrected chi connectivity index (χ3v) is 2.95. The summed E-state index contributed by atoms with van der Waals surface area (Å²) in [4.78, 5) is 11.3. The zero-order chi connectivity index (χ0) is 13.7. The van der Waals surface area contributed by atoms with Gasteiger partial charge in [-0.15, -0.1) is 0 Å². The summed E-state index contributed by atoms with van der Waals surface area (Å²) in [6.45, 7) is 1.46. The number of phenols is 1. The molecule has 0 atom stereocenters. The molecule has 2 heteroatoms. The summed E-state index contributed by atoms with van der Waals surface area (Å²) < 4.78 is 0. The molecule has 0 fully saturated rings. The van der Waals surface area contributed by atoms with Crippen molar-refractivity contribution in [3.05, 3.63) is 71.3 Å². The number of Topliss-reactive ketones (excluding diaryl/α,β-unsaturated/α-hetero) is 1. The van der Waals surface area contributed by atoms with Crippen LogP contribution in [0.15, 0.2) is 54.6 Å². The minimum atomic E-state index is -0.119. The van der Waals surface area contributed by atoms with Gasteiger partial charge in [-0.05, 0) is 30.5 Å². The van der Waals surface area contributed by atoms with Gasteiger partial charge in [-0.1, -0.05) is 54.6 Å². The average Bonchev–Trinajstić information content (AvgIpc) is 2.41. The van der Waals surface area contributed by atoms with Crippen LogP contribution >= 0.6 is 0 Å². The molecule has 2 nitrogen and oxygen atoms in total. The van der Waals surface area contributed by atoms with Gasteiger partial charge in [-0.3, -0.25) is 4.79 Å². The maximum Gasteiger partial charge on any atom is 0.163 e. The number of phenolic OH excluding ortho intramolecular Hbond substituents is 1. The number of aromatic hydroxyl groups is 1. The number of allylic oxidation sites excluding steroid dienone is 1. The third-order valence-electron chi connectivity index (χ3n) is 2.95. The first kappa shape index (κ1) is 13.1. The number of benzene rings is 2. The number of carbonyl (C=O) groups excluding carboxylic acids is 1. The van der Waals surface area contributed by atoms with Crippen LogP contribution in [0.3, 0.4) is 0 Å². The first-order valence-corrected chi connectivity index (χ1v) is 6.22. The molecule has 0 radical (unpaired) electrons. The van der Waals surface area contributed by atoms with Gasteiger partial charge in [0, 0.05) is 0 Å². The van der Waals surface area contributed by atoms with Crippen LogP contribution in [-0.4, -0.2) is 10.9 Å². The maximum absolute atomic E-state index is 11.3. The van der Waals surface area contributed by atoms with Crippen molar-refractivity contribution < 1.29 is 9.90 Å². The van der Waals surface area contributed by atoms with E-state index in [0.29, 0.717) is 12.0 Å². The summed E-state index contributed by atoms with van der Waals surface area (Å²) in [5.41, 5.74) is 2.26. The minimum Gasteiger partial charge on any atom is -0.507 e. The van der Waals surface area contributed by atoms with Crippen molar-refractivity contribution in [2.75, 3.05) is 0 Å². The van der Waals surface area contributed by atoms with E-state index >= 15 is 0 Å². The molecular weight excluding hydrogens is 236 g/mol. The Morgan fingerprint density at radius 1 is 1.11 bits per heavy atom. The van der Waals surface area contributed by atoms with E-state index in [1.807, 2.05) is 48.6 Å². The van der Waals surface area contributed by atoms with Crippen LogP contribution < -0.4 is 0 Å². The maximum atomic E-state index is 11.3. The molecule has 96 valence electrons. The summed E-state index contributed by atoms with van der Waals surface area (Å²) in [7, 11) is 0. The van der Waals surface area contributed by atoms with Crippen molar-refractivity contribution in [3.63, 3.8) is 0 Å². The Morgan fingerprint density at radius 3 is 2.53 bits per heavy atom. The highest BCUT2D eigenvalue weighted by Gasteiger charge is 2.08. The van der Waals surface area contributed by atoms with Crippen molar-refractivity contribution in [2.45, 2.75) is 13.3 Å². The van der Waals surface area contributed by atoms with Gasteiger partial charge in [0.15, 0.2) is 5.78 Å². The highest BCUT2D eigenvalue weighted by Crippen LogP contribution is 2.23. The third kappa shape index (κ3) is 3.32. The van der Waals surface area contributed by atoms with Crippen LogP contribution in [0.4, 0.5) is 0 Å². The topological polar surface area (TPSA) is 37.3 Å². The van der Waals surface area contributed by atoms with Gasteiger partial charge in [0.2, 0.25) is 0 Å². The summed E-state index contributed by atoms with van der Waals surface area (Å²) in [5.74, 6) is -0.0286. The zero-order valence-electron chi connectivity index (χ0n) is 10.8. The normalized spacial score (nSPS) is 10.8. The molecule has 0 aliphatic heterocycles. The van der Waals surface area contributed by atoms with Gasteiger partial charge in [-0.25, -0.2) is 0 Å². The lowest BCUT2D eigenvalue weighted by Crippen LogP contribution is -1.95. The highest BCUT2D eigenvalue weighted by atomic mass is 16.3. The predicted molar refractivity (Wildman–Crippen MR) is 77.3 cm³/mol. The van der Waals surface area contributed by atoms with Crippen molar-refractivity contribution in [3.8, 4) is 5.75 Å². The van der Waals surface area contributed by atoms with Gasteiger partial charge < -0.3 is 5.11 Å². The largest absolute Gasteiger partial charge is 0.507 e. The molecule has 0 aliphatic rings. The number of ketones is 1. The number of para-hydroxylation sites is 1. The van der Waals surface area contributed by atoms with Gasteiger partial charge in [0.05, 0.1) is 5.56 Å². The Labute approximate surface area is 113 Å². The van der Waals surface area contributed by atoms with E-state index in [9.17, 15) is 9.90 Å². The van der Waals surface area contributed by atoms with E-state index in [1.165, 1.54) is 6.92 Å². The molecule has 2 aromatic rings. The fourth-order valence-electron chi connectivity index (χ4n) is 1.93. The number of rotatable bonds is 4. The second-order valence-corrected chi connectivity index (χ2v) is 4.39. The smallest absolute Gasteiger partial charge is 0.163 e. The lowest BCUT2D eigenvalue weighted by atomic mass is 10.0. The second kappa shape index (κ2) is 6.01. The molecule has 0 aliphatic carbocycles. The molecular formula is C17H16O2. The second-order valence-electron chi connectivity index (χ2n) is 4.39. The van der Waals surface area contributed by atoms with E-state index in [4.69, 9.17) is 0 Å². The monoisotopic (exact) mass is 252 g/mol. The minimum absolute atomic E-state index is 0.0905. The highest BCUT2D eigenvalue weighted by molar-refractivity contribution is 5.97. The SMILES string of the molecule is CC(=O)c1cccc(C/C=C/c2ccccc2)c1O. The molecule has 0 aromatic heterocycles. The van der Waals surface area contributed by atoms with Crippen molar-refractivity contribution >= 4 is 11.9 Å². The summed E-state index contributed by atoms with van der Waals surface area (Å²) in [6, 6.07) is 15.2. The van der Waals surface area contributed by atoms with Crippen LogP contribution in [0.25, 0.3) is 6.08 Å². The number of carbonyl (C=O) groups is 1. The first-order valence-electron chi connectivity index (χ1n) is 6.22. The molecule has 0 spiro atoms. The van der Waals surface area contributed by atoms with Crippen molar-refractivity contribution in [1.29, 1.82) is 0 Å². The quantitative estimate of drug-likeness (QED) is 0.839. The van der Waals surface area contributed by atoms with E-state index < -0.39 is 0 Å². The van der Waals surface area contributed by atoms with Crippen LogP contribution in [0.5, 0.6) is 5.75 Å². The Morgan fingerprint density at radius 2 is 1.84 bits per heavy atom. The Hall–Kier alpha value is -2.35. The molecule has 19 heavy (non-hydrogen) atoms. The average molecular weight is 252 g/mol. The molecule has 2 aromatic carbocycles. The van der Waals surface area contributed by atoms with Gasteiger partial charge >= 0.3 is 0 Å². The van der Waals surface area contributed by atoms with Gasteiger partial charge in [-0.2, -0.15) is 0 Å². The predicted octanol–water partition coefficient (Wildman–Crippen LogP) is 3.85. The molecule has 2 rings (SSSR count). The van der Waals surface area contributed by atoms with Crippen molar-refractivity contribution in [2.24, 2.45) is 0 Å². The van der Waals surface area contributed by atoms with Crippen LogP contribution in [0.2, 0.25) is 0 Å². The van der Waals surface area contributed by atoms with Crippen LogP contribution in [0, 0.1) is 0 Å². The van der Waals surface area contributed by atoms with Gasteiger partial charge in [0.1, 0.15) is 5.75 Å². The zero-order valence-corrected chi connectivity index (χ0v) is 10.8. The molecule has 0 heterocycles. The molecule has 0 amide bonds. The first-order chi connectivity index (χ1) is 9.18. The fraction of sp³-hybridized carbons (Fsp3) is 0.118. The van der Waals surface area contributed by atoms with Gasteiger partial charge in [0.25, 0.3) is 0 Å². The fourth-order valence-corrected chi connectivity index (χ4v) is 1.93. The molecule has 0 saturated heterocycles. The molecule has 0 saturated carbocycles. The Kier molecular flexibility index (Phi) is 4.14. The Bertz CT molecular complexity index is 598. The standard InChI is InChI=1S/C17H16O2/c1-13(18)16-12-6-11-15(17(16)19)10-5-9-14-7-3-2-4-8-14/h2-9,11-12,19H,10H2,1H3/b9-5+. The number of hydrogen-bond acceptors (Lipinski definition) is 2. The van der Waals surface area contributed by atoms with E-state index in [0.717, 1.165) is 11.1 Å². The Balaban J connectivity index is 2.14. The summed E-state index contributed by atoms with van der Waals surface area (Å²) >= 11 is 0. The van der Waals surface area contributed by atoms with Crippen molar-refractivity contribution in [1.82, 2.24) is 0 Å². The molecule has 0 bridgehead atoms. The summed E-state index contributed by atoms with van der Waals surface area (Å²) in [6.07, 6.45) is 4.58. The van der Waals surface area contributed by atoms with E-state index in [1.54, 1.807) is 12.1 Å². The number of hydrogen-bond donors (Lipinski definition) is 1. The van der Waals surface area contributed by atoms with E-state index in [2.05, 4.69) is 0 Å². The van der Waals surface area contributed by atoms with E-state index in [-0.39, 0.29) is 11.5 Å².